The highest BCUT2D eigenvalue weighted by molar-refractivity contribution is 7.89. The topological polar surface area (TPSA) is 55.2 Å². The molecule has 0 spiro atoms. The van der Waals surface area contributed by atoms with Gasteiger partial charge in [-0.15, -0.1) is 0 Å². The van der Waals surface area contributed by atoms with Crippen LogP contribution in [0.3, 0.4) is 0 Å². The van der Waals surface area contributed by atoms with E-state index in [1.54, 1.807) is 37.4 Å². The van der Waals surface area contributed by atoms with Crippen molar-refractivity contribution in [2.45, 2.75) is 31.8 Å². The molecular weight excluding hydrogens is 274 g/mol. The van der Waals surface area contributed by atoms with Crippen molar-refractivity contribution < 1.29 is 8.42 Å². The predicted molar refractivity (Wildman–Crippen MR) is 77.7 cm³/mol. The lowest BCUT2D eigenvalue weighted by Crippen LogP contribution is -2.26. The van der Waals surface area contributed by atoms with E-state index in [0.29, 0.717) is 11.4 Å². The number of aromatic nitrogens is 2. The molecule has 0 saturated carbocycles. The van der Waals surface area contributed by atoms with Crippen molar-refractivity contribution in [3.05, 3.63) is 47.8 Å². The van der Waals surface area contributed by atoms with Gasteiger partial charge in [0.1, 0.15) is 0 Å². The van der Waals surface area contributed by atoms with Crippen LogP contribution in [0.5, 0.6) is 0 Å². The van der Waals surface area contributed by atoms with Crippen molar-refractivity contribution >= 4 is 10.0 Å². The van der Waals surface area contributed by atoms with E-state index in [4.69, 9.17) is 0 Å². The molecule has 5 nitrogen and oxygen atoms in total. The van der Waals surface area contributed by atoms with Crippen molar-refractivity contribution in [1.29, 1.82) is 0 Å². The molecule has 0 radical (unpaired) electrons. The second-order valence-electron chi connectivity index (χ2n) is 4.67. The quantitative estimate of drug-likeness (QED) is 0.847. The molecule has 1 aromatic carbocycles. The van der Waals surface area contributed by atoms with Crippen molar-refractivity contribution in [2.24, 2.45) is 0 Å². The van der Waals surface area contributed by atoms with Crippen LogP contribution >= 0.6 is 0 Å². The number of sulfonamides is 1. The summed E-state index contributed by atoms with van der Waals surface area (Å²) in [5.41, 5.74) is 1.79. The average molecular weight is 293 g/mol. The third-order valence-electron chi connectivity index (χ3n) is 3.22. The van der Waals surface area contributed by atoms with Gasteiger partial charge in [-0.25, -0.2) is 8.42 Å². The Morgan fingerprint density at radius 3 is 2.45 bits per heavy atom. The highest BCUT2D eigenvalue weighted by Crippen LogP contribution is 2.17. The smallest absolute Gasteiger partial charge is 0.243 e. The molecule has 1 heterocycles. The second-order valence-corrected chi connectivity index (χ2v) is 6.71. The Kier molecular flexibility index (Phi) is 4.25. The first kappa shape index (κ1) is 14.7. The molecule has 0 saturated heterocycles. The number of hydrogen-bond donors (Lipinski definition) is 0. The highest BCUT2D eigenvalue weighted by atomic mass is 32.2. The summed E-state index contributed by atoms with van der Waals surface area (Å²) < 4.78 is 28.0. The molecule has 0 aliphatic carbocycles. The molecule has 2 rings (SSSR count). The normalized spacial score (nSPS) is 12.0. The van der Waals surface area contributed by atoms with Crippen molar-refractivity contribution in [3.8, 4) is 0 Å². The van der Waals surface area contributed by atoms with Crippen molar-refractivity contribution in [3.63, 3.8) is 0 Å². The molecule has 2 aromatic rings. The standard InChI is InChI=1S/C14H19N3O2S/c1-4-17-11-13(12(2)15-17)10-16(3)20(18,19)14-8-6-5-7-9-14/h5-9,11H,4,10H2,1-3H3. The molecule has 108 valence electrons. The van der Waals surface area contributed by atoms with E-state index >= 15 is 0 Å². The summed E-state index contributed by atoms with van der Waals surface area (Å²) in [6.07, 6.45) is 1.90. The van der Waals surface area contributed by atoms with Gasteiger partial charge in [0, 0.05) is 31.9 Å². The first-order valence-electron chi connectivity index (χ1n) is 6.49. The lowest BCUT2D eigenvalue weighted by molar-refractivity contribution is 0.466. The maximum atomic E-state index is 12.4. The summed E-state index contributed by atoms with van der Waals surface area (Å²) >= 11 is 0. The van der Waals surface area contributed by atoms with E-state index in [0.717, 1.165) is 17.8 Å². The SMILES string of the molecule is CCn1cc(CN(C)S(=O)(=O)c2ccccc2)c(C)n1. The zero-order valence-corrected chi connectivity index (χ0v) is 12.8. The molecule has 0 amide bonds. The molecule has 0 fully saturated rings. The summed E-state index contributed by atoms with van der Waals surface area (Å²) in [6, 6.07) is 8.46. The van der Waals surface area contributed by atoms with E-state index in [9.17, 15) is 8.42 Å². The number of hydrogen-bond acceptors (Lipinski definition) is 3. The van der Waals surface area contributed by atoms with Crippen LogP contribution in [0.4, 0.5) is 0 Å². The summed E-state index contributed by atoms with van der Waals surface area (Å²) in [7, 11) is -1.87. The van der Waals surface area contributed by atoms with Gasteiger partial charge in [0.15, 0.2) is 0 Å². The molecule has 0 unspecified atom stereocenters. The Hall–Kier alpha value is -1.66. The molecule has 6 heteroatoms. The molecular formula is C14H19N3O2S. The van der Waals surface area contributed by atoms with Gasteiger partial charge in [-0.2, -0.15) is 9.40 Å². The lowest BCUT2D eigenvalue weighted by atomic mass is 10.3. The first-order chi connectivity index (χ1) is 9.45. The number of aryl methyl sites for hydroxylation is 2. The Morgan fingerprint density at radius 2 is 1.90 bits per heavy atom. The minimum Gasteiger partial charge on any atom is -0.272 e. The van der Waals surface area contributed by atoms with Crippen LogP contribution in [0, 0.1) is 6.92 Å². The number of rotatable bonds is 5. The van der Waals surface area contributed by atoms with Crippen molar-refractivity contribution in [2.75, 3.05) is 7.05 Å². The number of benzene rings is 1. The van der Waals surface area contributed by atoms with E-state index in [1.165, 1.54) is 4.31 Å². The summed E-state index contributed by atoms with van der Waals surface area (Å²) in [4.78, 5) is 0.308. The predicted octanol–water partition coefficient (Wildman–Crippen LogP) is 2.03. The highest BCUT2D eigenvalue weighted by Gasteiger charge is 2.21. The second kappa shape index (κ2) is 5.76. The Bertz CT molecular complexity index is 678. The van der Waals surface area contributed by atoms with Gasteiger partial charge < -0.3 is 0 Å². The van der Waals surface area contributed by atoms with Gasteiger partial charge in [0.05, 0.1) is 10.6 Å². The molecule has 1 aromatic heterocycles. The van der Waals surface area contributed by atoms with Crippen LogP contribution in [0.2, 0.25) is 0 Å². The van der Waals surface area contributed by atoms with Crippen LogP contribution < -0.4 is 0 Å². The van der Waals surface area contributed by atoms with Crippen LogP contribution in [0.1, 0.15) is 18.2 Å². The minimum absolute atomic E-state index is 0.308. The number of nitrogens with zero attached hydrogens (tertiary/aromatic N) is 3. The van der Waals surface area contributed by atoms with Gasteiger partial charge in [0.2, 0.25) is 10.0 Å². The fraction of sp³-hybridized carbons (Fsp3) is 0.357. The molecule has 0 aliphatic rings. The average Bonchev–Trinajstić information content (AvgIpc) is 2.80. The third kappa shape index (κ3) is 2.91. The van der Waals surface area contributed by atoms with E-state index < -0.39 is 10.0 Å². The van der Waals surface area contributed by atoms with E-state index in [2.05, 4.69) is 5.10 Å². The minimum atomic E-state index is -3.46. The Balaban J connectivity index is 2.23. The fourth-order valence-corrected chi connectivity index (χ4v) is 3.14. The maximum absolute atomic E-state index is 12.4. The van der Waals surface area contributed by atoms with Crippen molar-refractivity contribution in [1.82, 2.24) is 14.1 Å². The molecule has 0 aliphatic heterocycles. The fourth-order valence-electron chi connectivity index (χ4n) is 1.97. The van der Waals surface area contributed by atoms with Gasteiger partial charge in [0.25, 0.3) is 0 Å². The molecule has 20 heavy (non-hydrogen) atoms. The zero-order valence-electron chi connectivity index (χ0n) is 11.9. The Labute approximate surface area is 119 Å². The molecule has 0 bridgehead atoms. The summed E-state index contributed by atoms with van der Waals surface area (Å²) in [5, 5.41) is 4.33. The largest absolute Gasteiger partial charge is 0.272 e. The van der Waals surface area contributed by atoms with E-state index in [1.807, 2.05) is 24.7 Å². The first-order valence-corrected chi connectivity index (χ1v) is 7.93. The summed E-state index contributed by atoms with van der Waals surface area (Å²) in [6.45, 7) is 4.99. The van der Waals surface area contributed by atoms with Gasteiger partial charge in [-0.3, -0.25) is 4.68 Å². The van der Waals surface area contributed by atoms with Crippen LogP contribution in [0.15, 0.2) is 41.4 Å². The van der Waals surface area contributed by atoms with Crippen LogP contribution in [-0.4, -0.2) is 29.6 Å². The van der Waals surface area contributed by atoms with Gasteiger partial charge in [-0.05, 0) is 26.0 Å². The summed E-state index contributed by atoms with van der Waals surface area (Å²) in [5.74, 6) is 0. The lowest BCUT2D eigenvalue weighted by Gasteiger charge is -2.16. The maximum Gasteiger partial charge on any atom is 0.243 e. The van der Waals surface area contributed by atoms with E-state index in [-0.39, 0.29) is 0 Å². The van der Waals surface area contributed by atoms with Gasteiger partial charge in [-0.1, -0.05) is 18.2 Å². The molecule has 0 atom stereocenters. The Morgan fingerprint density at radius 1 is 1.25 bits per heavy atom. The molecule has 0 N–H and O–H groups in total. The van der Waals surface area contributed by atoms with Gasteiger partial charge >= 0.3 is 0 Å². The zero-order chi connectivity index (χ0) is 14.8. The van der Waals surface area contributed by atoms with Crippen LogP contribution in [-0.2, 0) is 23.1 Å². The van der Waals surface area contributed by atoms with Crippen LogP contribution in [0.25, 0.3) is 0 Å². The monoisotopic (exact) mass is 293 g/mol. The third-order valence-corrected chi connectivity index (χ3v) is 5.03.